The summed E-state index contributed by atoms with van der Waals surface area (Å²) in [6.45, 7) is 3.16. The van der Waals surface area contributed by atoms with E-state index in [1.54, 1.807) is 18.2 Å². The molecule has 1 aliphatic carbocycles. The zero-order chi connectivity index (χ0) is 14.8. The number of benzene rings is 1. The summed E-state index contributed by atoms with van der Waals surface area (Å²) in [5.41, 5.74) is 6.98. The van der Waals surface area contributed by atoms with E-state index in [0.717, 1.165) is 31.5 Å². The molecule has 0 aromatic heterocycles. The van der Waals surface area contributed by atoms with E-state index in [2.05, 4.69) is 10.2 Å². The highest BCUT2D eigenvalue weighted by atomic mass is 35.5. The number of carbonyl (C=O) groups is 1. The number of hydrogen-bond donors (Lipinski definition) is 2. The van der Waals surface area contributed by atoms with Gasteiger partial charge in [0.1, 0.15) is 0 Å². The standard InChI is InChI=1S/C16H22ClN3O/c17-13-4-5-14(18)15(8-13)19-16(21)6-7-20-9-11-2-1-3-12(11)10-20/h4-5,8,11-12H,1-3,6-7,9-10,18H2,(H,19,21). The Bertz CT molecular complexity index is 522. The van der Waals surface area contributed by atoms with Crippen molar-refractivity contribution in [2.45, 2.75) is 25.7 Å². The van der Waals surface area contributed by atoms with Crippen molar-refractivity contribution in [2.75, 3.05) is 30.7 Å². The molecule has 114 valence electrons. The molecule has 2 fully saturated rings. The van der Waals surface area contributed by atoms with Gasteiger partial charge < -0.3 is 16.0 Å². The number of nitrogens with one attached hydrogen (secondary N) is 1. The number of halogens is 1. The van der Waals surface area contributed by atoms with Gasteiger partial charge in [0, 0.05) is 31.1 Å². The fraction of sp³-hybridized carbons (Fsp3) is 0.562. The molecule has 0 radical (unpaired) electrons. The Morgan fingerprint density at radius 2 is 2.05 bits per heavy atom. The number of fused-ring (bicyclic) bond motifs is 1. The molecule has 0 bridgehead atoms. The fourth-order valence-corrected chi connectivity index (χ4v) is 3.80. The van der Waals surface area contributed by atoms with E-state index in [1.807, 2.05) is 0 Å². The summed E-state index contributed by atoms with van der Waals surface area (Å²) in [6, 6.07) is 5.12. The number of hydrogen-bond acceptors (Lipinski definition) is 3. The summed E-state index contributed by atoms with van der Waals surface area (Å²) in [6.07, 6.45) is 4.63. The minimum Gasteiger partial charge on any atom is -0.397 e. The summed E-state index contributed by atoms with van der Waals surface area (Å²) in [7, 11) is 0. The van der Waals surface area contributed by atoms with Crippen LogP contribution < -0.4 is 11.1 Å². The average Bonchev–Trinajstić information content (AvgIpc) is 3.01. The third-order valence-electron chi connectivity index (χ3n) is 4.75. The zero-order valence-electron chi connectivity index (χ0n) is 12.1. The lowest BCUT2D eigenvalue weighted by Crippen LogP contribution is -2.26. The van der Waals surface area contributed by atoms with E-state index in [4.69, 9.17) is 17.3 Å². The van der Waals surface area contributed by atoms with E-state index in [0.29, 0.717) is 22.8 Å². The highest BCUT2D eigenvalue weighted by Gasteiger charge is 2.35. The van der Waals surface area contributed by atoms with Gasteiger partial charge in [0.2, 0.25) is 5.91 Å². The first-order chi connectivity index (χ1) is 10.1. The number of nitrogens with two attached hydrogens (primary N) is 1. The van der Waals surface area contributed by atoms with Gasteiger partial charge in [-0.2, -0.15) is 0 Å². The van der Waals surface area contributed by atoms with Gasteiger partial charge in [0.15, 0.2) is 0 Å². The summed E-state index contributed by atoms with van der Waals surface area (Å²) in [5.74, 6) is 1.74. The third-order valence-corrected chi connectivity index (χ3v) is 4.98. The molecule has 1 heterocycles. The monoisotopic (exact) mass is 307 g/mol. The first kappa shape index (κ1) is 14.7. The van der Waals surface area contributed by atoms with Crippen LogP contribution in [0.5, 0.6) is 0 Å². The third kappa shape index (κ3) is 3.50. The molecule has 5 heteroatoms. The molecule has 2 unspecified atom stereocenters. The Hall–Kier alpha value is -1.26. The molecular weight excluding hydrogens is 286 g/mol. The van der Waals surface area contributed by atoms with Crippen molar-refractivity contribution in [1.29, 1.82) is 0 Å². The SMILES string of the molecule is Nc1ccc(Cl)cc1NC(=O)CCN1CC2CCCC2C1. The van der Waals surface area contributed by atoms with Crippen molar-refractivity contribution < 1.29 is 4.79 Å². The van der Waals surface area contributed by atoms with Crippen molar-refractivity contribution in [3.05, 3.63) is 23.2 Å². The fourth-order valence-electron chi connectivity index (χ4n) is 3.62. The van der Waals surface area contributed by atoms with Gasteiger partial charge in [0.25, 0.3) is 0 Å². The quantitative estimate of drug-likeness (QED) is 0.841. The molecule has 2 aliphatic rings. The largest absolute Gasteiger partial charge is 0.397 e. The predicted octanol–water partition coefficient (Wildman–Crippen LogP) is 2.98. The Labute approximate surface area is 130 Å². The maximum atomic E-state index is 12.0. The van der Waals surface area contributed by atoms with Crippen LogP contribution in [-0.2, 0) is 4.79 Å². The zero-order valence-corrected chi connectivity index (χ0v) is 12.9. The molecule has 1 amide bonds. The number of amides is 1. The van der Waals surface area contributed by atoms with Crippen LogP contribution in [0, 0.1) is 11.8 Å². The number of nitrogen functional groups attached to an aromatic ring is 1. The molecule has 1 aromatic rings. The number of anilines is 2. The van der Waals surface area contributed by atoms with E-state index in [9.17, 15) is 4.79 Å². The lowest BCUT2D eigenvalue weighted by Gasteiger charge is -2.16. The molecule has 1 saturated heterocycles. The Kier molecular flexibility index (Phi) is 4.36. The van der Waals surface area contributed by atoms with Crippen LogP contribution in [0.25, 0.3) is 0 Å². The average molecular weight is 308 g/mol. The highest BCUT2D eigenvalue weighted by Crippen LogP contribution is 2.37. The van der Waals surface area contributed by atoms with Gasteiger partial charge in [0.05, 0.1) is 11.4 Å². The molecule has 21 heavy (non-hydrogen) atoms. The van der Waals surface area contributed by atoms with E-state index < -0.39 is 0 Å². The van der Waals surface area contributed by atoms with E-state index in [-0.39, 0.29) is 5.91 Å². The van der Waals surface area contributed by atoms with Crippen LogP contribution in [0.3, 0.4) is 0 Å². The molecule has 4 nitrogen and oxygen atoms in total. The topological polar surface area (TPSA) is 58.4 Å². The minimum absolute atomic E-state index is 0.000950. The molecule has 3 rings (SSSR count). The smallest absolute Gasteiger partial charge is 0.225 e. The summed E-state index contributed by atoms with van der Waals surface area (Å²) < 4.78 is 0. The van der Waals surface area contributed by atoms with E-state index in [1.165, 1.54) is 19.3 Å². The summed E-state index contributed by atoms with van der Waals surface area (Å²) >= 11 is 5.92. The van der Waals surface area contributed by atoms with Crippen LogP contribution in [0.4, 0.5) is 11.4 Å². The van der Waals surface area contributed by atoms with Crippen LogP contribution in [0.15, 0.2) is 18.2 Å². The molecule has 1 aromatic carbocycles. The summed E-state index contributed by atoms with van der Waals surface area (Å²) in [4.78, 5) is 14.5. The van der Waals surface area contributed by atoms with Gasteiger partial charge in [-0.1, -0.05) is 18.0 Å². The maximum absolute atomic E-state index is 12.0. The minimum atomic E-state index is 0.000950. The normalized spacial score (nSPS) is 25.0. The second kappa shape index (κ2) is 6.24. The van der Waals surface area contributed by atoms with Gasteiger partial charge in [-0.05, 0) is 42.9 Å². The molecule has 3 N–H and O–H groups in total. The maximum Gasteiger partial charge on any atom is 0.225 e. The van der Waals surface area contributed by atoms with Gasteiger partial charge >= 0.3 is 0 Å². The second-order valence-electron chi connectivity index (χ2n) is 6.24. The summed E-state index contributed by atoms with van der Waals surface area (Å²) in [5, 5.41) is 3.43. The van der Waals surface area contributed by atoms with Crippen molar-refractivity contribution in [3.63, 3.8) is 0 Å². The lowest BCUT2D eigenvalue weighted by atomic mass is 10.0. The van der Waals surface area contributed by atoms with Gasteiger partial charge in [-0.3, -0.25) is 4.79 Å². The highest BCUT2D eigenvalue weighted by molar-refractivity contribution is 6.31. The molecular formula is C16H22ClN3O. The Balaban J connectivity index is 1.47. The molecule has 0 spiro atoms. The molecule has 2 atom stereocenters. The Morgan fingerprint density at radius 1 is 1.33 bits per heavy atom. The number of likely N-dealkylation sites (tertiary alicyclic amines) is 1. The van der Waals surface area contributed by atoms with Crippen molar-refractivity contribution in [1.82, 2.24) is 4.90 Å². The van der Waals surface area contributed by atoms with Gasteiger partial charge in [-0.15, -0.1) is 0 Å². The van der Waals surface area contributed by atoms with Crippen LogP contribution in [0.1, 0.15) is 25.7 Å². The number of nitrogens with zero attached hydrogens (tertiary/aromatic N) is 1. The van der Waals surface area contributed by atoms with Crippen LogP contribution in [0.2, 0.25) is 5.02 Å². The first-order valence-electron chi connectivity index (χ1n) is 7.69. The Morgan fingerprint density at radius 3 is 2.76 bits per heavy atom. The number of carbonyl (C=O) groups excluding carboxylic acids is 1. The van der Waals surface area contributed by atoms with Crippen molar-refractivity contribution in [2.24, 2.45) is 11.8 Å². The first-order valence-corrected chi connectivity index (χ1v) is 8.07. The van der Waals surface area contributed by atoms with Crippen LogP contribution in [-0.4, -0.2) is 30.4 Å². The van der Waals surface area contributed by atoms with Gasteiger partial charge in [-0.25, -0.2) is 0 Å². The van der Waals surface area contributed by atoms with Crippen molar-refractivity contribution in [3.8, 4) is 0 Å². The number of rotatable bonds is 4. The van der Waals surface area contributed by atoms with Crippen molar-refractivity contribution >= 4 is 28.9 Å². The predicted molar refractivity (Wildman–Crippen MR) is 86.4 cm³/mol. The van der Waals surface area contributed by atoms with E-state index >= 15 is 0 Å². The second-order valence-corrected chi connectivity index (χ2v) is 6.68. The lowest BCUT2D eigenvalue weighted by molar-refractivity contribution is -0.116. The molecule has 1 saturated carbocycles. The molecule has 1 aliphatic heterocycles. The van der Waals surface area contributed by atoms with Crippen LogP contribution >= 0.6 is 11.6 Å².